The van der Waals surface area contributed by atoms with Gasteiger partial charge < -0.3 is 14.7 Å². The van der Waals surface area contributed by atoms with Crippen LogP contribution in [0.1, 0.15) is 41.6 Å². The van der Waals surface area contributed by atoms with Gasteiger partial charge in [-0.3, -0.25) is 14.9 Å². The van der Waals surface area contributed by atoms with Crippen LogP contribution in [0.5, 0.6) is 11.5 Å². The summed E-state index contributed by atoms with van der Waals surface area (Å²) in [5.74, 6) is -0.764. The van der Waals surface area contributed by atoms with E-state index < -0.39 is 16.4 Å². The van der Waals surface area contributed by atoms with E-state index >= 15 is 0 Å². The van der Waals surface area contributed by atoms with Gasteiger partial charge in [0.2, 0.25) is 5.75 Å². The van der Waals surface area contributed by atoms with Gasteiger partial charge in [-0.05, 0) is 54.8 Å². The van der Waals surface area contributed by atoms with E-state index in [-0.39, 0.29) is 11.5 Å². The summed E-state index contributed by atoms with van der Waals surface area (Å²) < 4.78 is 4.97. The standard InChI is InChI=1S/C22H24N2O5/c1-29-21-15-16(14-19(22(21)26)24(27)28)6-11-20(25)17-7-9-18(10-8-17)23-12-4-2-3-5-13-23/h6-11,14-15,26H,2-5,12-13H2,1H3/b11-6+. The molecule has 0 unspecified atom stereocenters. The maximum absolute atomic E-state index is 12.5. The minimum Gasteiger partial charge on any atom is -0.500 e. The van der Waals surface area contributed by atoms with E-state index in [1.54, 1.807) is 12.1 Å². The van der Waals surface area contributed by atoms with Crippen molar-refractivity contribution in [3.05, 3.63) is 63.7 Å². The van der Waals surface area contributed by atoms with E-state index in [1.807, 2.05) is 12.1 Å². The Hall–Kier alpha value is -3.35. The van der Waals surface area contributed by atoms with Crippen molar-refractivity contribution < 1.29 is 19.6 Å². The van der Waals surface area contributed by atoms with Crippen LogP contribution >= 0.6 is 0 Å². The third-order valence-electron chi connectivity index (χ3n) is 5.04. The topological polar surface area (TPSA) is 92.9 Å². The Labute approximate surface area is 169 Å². The van der Waals surface area contributed by atoms with Crippen molar-refractivity contribution in [1.29, 1.82) is 0 Å². The normalized spacial score (nSPS) is 14.6. The zero-order valence-electron chi connectivity index (χ0n) is 16.3. The van der Waals surface area contributed by atoms with Gasteiger partial charge in [0.05, 0.1) is 12.0 Å². The largest absolute Gasteiger partial charge is 0.500 e. The summed E-state index contributed by atoms with van der Waals surface area (Å²) in [4.78, 5) is 25.2. The summed E-state index contributed by atoms with van der Waals surface area (Å²) in [6.07, 6.45) is 7.73. The van der Waals surface area contributed by atoms with Gasteiger partial charge >= 0.3 is 5.69 Å². The molecule has 3 rings (SSSR count). The second-order valence-electron chi connectivity index (χ2n) is 6.99. The third kappa shape index (κ3) is 4.93. The Balaban J connectivity index is 1.75. The van der Waals surface area contributed by atoms with E-state index in [9.17, 15) is 20.0 Å². The van der Waals surface area contributed by atoms with E-state index in [2.05, 4.69) is 4.90 Å². The molecule has 0 spiro atoms. The van der Waals surface area contributed by atoms with Crippen LogP contribution in [0, 0.1) is 10.1 Å². The number of phenols is 1. The number of nitrogens with zero attached hydrogens (tertiary/aromatic N) is 2. The number of benzene rings is 2. The molecule has 0 atom stereocenters. The Bertz CT molecular complexity index is 914. The van der Waals surface area contributed by atoms with Crippen LogP contribution in [0.15, 0.2) is 42.5 Å². The minimum absolute atomic E-state index is 0.0203. The molecule has 1 N–H and O–H groups in total. The minimum atomic E-state index is -0.696. The Morgan fingerprint density at radius 1 is 1.14 bits per heavy atom. The van der Waals surface area contributed by atoms with Crippen molar-refractivity contribution in [3.63, 3.8) is 0 Å². The maximum atomic E-state index is 12.5. The second kappa shape index (κ2) is 9.23. The SMILES string of the molecule is COc1cc(/C=C/C(=O)c2ccc(N3CCCCCC3)cc2)cc([N+](=O)[O-])c1O. The summed E-state index contributed by atoms with van der Waals surface area (Å²) in [6.45, 7) is 2.07. The van der Waals surface area contributed by atoms with E-state index in [4.69, 9.17) is 4.74 Å². The Morgan fingerprint density at radius 2 is 1.79 bits per heavy atom. The molecular formula is C22H24N2O5. The first-order chi connectivity index (χ1) is 14.0. The summed E-state index contributed by atoms with van der Waals surface area (Å²) in [7, 11) is 1.31. The molecule has 1 fully saturated rings. The number of allylic oxidation sites excluding steroid dienone is 1. The predicted molar refractivity (Wildman–Crippen MR) is 112 cm³/mol. The van der Waals surface area contributed by atoms with Crippen molar-refractivity contribution >= 4 is 23.2 Å². The molecule has 1 aliphatic heterocycles. The molecule has 0 radical (unpaired) electrons. The van der Waals surface area contributed by atoms with Crippen molar-refractivity contribution in [2.24, 2.45) is 0 Å². The number of hydrogen-bond donors (Lipinski definition) is 1. The first-order valence-electron chi connectivity index (χ1n) is 9.62. The highest BCUT2D eigenvalue weighted by molar-refractivity contribution is 6.07. The van der Waals surface area contributed by atoms with Gasteiger partial charge in [-0.15, -0.1) is 0 Å². The van der Waals surface area contributed by atoms with Crippen LogP contribution in [0.3, 0.4) is 0 Å². The predicted octanol–water partition coefficient (Wildman–Crippen LogP) is 4.59. The highest BCUT2D eigenvalue weighted by Crippen LogP contribution is 2.37. The van der Waals surface area contributed by atoms with Gasteiger partial charge in [0, 0.05) is 30.4 Å². The van der Waals surface area contributed by atoms with Gasteiger partial charge in [-0.25, -0.2) is 0 Å². The number of carbonyl (C=O) groups excluding carboxylic acids is 1. The molecule has 7 heteroatoms. The lowest BCUT2D eigenvalue weighted by Crippen LogP contribution is -2.23. The number of aromatic hydroxyl groups is 1. The van der Waals surface area contributed by atoms with Gasteiger partial charge in [0.1, 0.15) is 0 Å². The van der Waals surface area contributed by atoms with E-state index in [1.165, 1.54) is 57.1 Å². The number of rotatable bonds is 6. The van der Waals surface area contributed by atoms with Gasteiger partial charge in [0.25, 0.3) is 0 Å². The molecule has 0 bridgehead atoms. The molecule has 1 saturated heterocycles. The fourth-order valence-corrected chi connectivity index (χ4v) is 3.44. The van der Waals surface area contributed by atoms with Crippen molar-refractivity contribution in [2.45, 2.75) is 25.7 Å². The number of anilines is 1. The molecule has 2 aromatic rings. The Morgan fingerprint density at radius 3 is 2.38 bits per heavy atom. The molecule has 1 aliphatic rings. The highest BCUT2D eigenvalue weighted by atomic mass is 16.6. The highest BCUT2D eigenvalue weighted by Gasteiger charge is 2.19. The maximum Gasteiger partial charge on any atom is 0.315 e. The lowest BCUT2D eigenvalue weighted by atomic mass is 10.1. The molecule has 7 nitrogen and oxygen atoms in total. The number of phenolic OH excluding ortho intramolecular Hbond substituents is 1. The van der Waals surface area contributed by atoms with Crippen LogP contribution < -0.4 is 9.64 Å². The number of ether oxygens (including phenoxy) is 1. The zero-order chi connectivity index (χ0) is 20.8. The van der Waals surface area contributed by atoms with Crippen LogP contribution in [0.2, 0.25) is 0 Å². The molecule has 29 heavy (non-hydrogen) atoms. The molecule has 1 heterocycles. The molecule has 0 aliphatic carbocycles. The molecule has 0 saturated carbocycles. The molecule has 0 amide bonds. The first-order valence-corrected chi connectivity index (χ1v) is 9.62. The lowest BCUT2D eigenvalue weighted by molar-refractivity contribution is -0.386. The first kappa shape index (κ1) is 20.4. The number of nitro groups is 1. The van der Waals surface area contributed by atoms with Crippen LogP contribution in [0.4, 0.5) is 11.4 Å². The molecule has 152 valence electrons. The fourth-order valence-electron chi connectivity index (χ4n) is 3.44. The van der Waals surface area contributed by atoms with Crippen molar-refractivity contribution in [2.75, 3.05) is 25.1 Å². The van der Waals surface area contributed by atoms with Gasteiger partial charge in [-0.1, -0.05) is 18.9 Å². The van der Waals surface area contributed by atoms with E-state index in [0.29, 0.717) is 11.1 Å². The number of ketones is 1. The molecular weight excluding hydrogens is 372 g/mol. The van der Waals surface area contributed by atoms with Crippen molar-refractivity contribution in [3.8, 4) is 11.5 Å². The number of methoxy groups -OCH3 is 1. The second-order valence-corrected chi connectivity index (χ2v) is 6.99. The average Bonchev–Trinajstić information content (AvgIpc) is 3.02. The third-order valence-corrected chi connectivity index (χ3v) is 5.04. The fraction of sp³-hybridized carbons (Fsp3) is 0.318. The summed E-state index contributed by atoms with van der Waals surface area (Å²) in [6, 6.07) is 10.2. The van der Waals surface area contributed by atoms with Gasteiger partial charge in [0.15, 0.2) is 11.5 Å². The Kier molecular flexibility index (Phi) is 6.49. The van der Waals surface area contributed by atoms with Crippen LogP contribution in [-0.2, 0) is 0 Å². The number of hydrogen-bond acceptors (Lipinski definition) is 6. The summed E-state index contributed by atoms with van der Waals surface area (Å²) in [5.41, 5.74) is 1.57. The molecule has 2 aromatic carbocycles. The summed E-state index contributed by atoms with van der Waals surface area (Å²) in [5, 5.41) is 20.9. The zero-order valence-corrected chi connectivity index (χ0v) is 16.3. The monoisotopic (exact) mass is 396 g/mol. The van der Waals surface area contributed by atoms with Gasteiger partial charge in [-0.2, -0.15) is 0 Å². The lowest BCUT2D eigenvalue weighted by Gasteiger charge is -2.22. The number of nitro benzene ring substituents is 1. The number of carbonyl (C=O) groups is 1. The average molecular weight is 396 g/mol. The summed E-state index contributed by atoms with van der Waals surface area (Å²) >= 11 is 0. The quantitative estimate of drug-likeness (QED) is 0.332. The van der Waals surface area contributed by atoms with E-state index in [0.717, 1.165) is 18.8 Å². The smallest absolute Gasteiger partial charge is 0.315 e. The molecule has 0 aromatic heterocycles. The van der Waals surface area contributed by atoms with Crippen LogP contribution in [0.25, 0.3) is 6.08 Å². The van der Waals surface area contributed by atoms with Crippen LogP contribution in [-0.4, -0.2) is 36.0 Å². The van der Waals surface area contributed by atoms with Crippen molar-refractivity contribution in [1.82, 2.24) is 0 Å².